The molecule has 2 rings (SSSR count). The van der Waals surface area contributed by atoms with Gasteiger partial charge in [0, 0.05) is 6.04 Å². The third-order valence-electron chi connectivity index (χ3n) is 3.78. The molecule has 0 aromatic heterocycles. The van der Waals surface area contributed by atoms with Gasteiger partial charge in [0.05, 0.1) is 10.1 Å². The van der Waals surface area contributed by atoms with Gasteiger partial charge in [0.2, 0.25) is 0 Å². The molecule has 0 radical (unpaired) electrons. The van der Waals surface area contributed by atoms with Gasteiger partial charge in [-0.05, 0) is 44.0 Å². The molecule has 0 heterocycles. The van der Waals surface area contributed by atoms with Gasteiger partial charge in [-0.1, -0.05) is 13.3 Å². The average molecular weight is 303 g/mol. The third kappa shape index (κ3) is 3.17. The van der Waals surface area contributed by atoms with E-state index in [0.717, 1.165) is 37.6 Å². The molecule has 20 heavy (non-hydrogen) atoms. The number of benzene rings is 1. The van der Waals surface area contributed by atoms with Crippen LogP contribution in [0.3, 0.4) is 0 Å². The SMILES string of the molecule is CCNC1CCCC(S(=O)(=O)c2ccc(F)c(F)c2)C1. The van der Waals surface area contributed by atoms with Crippen molar-refractivity contribution in [1.82, 2.24) is 5.32 Å². The van der Waals surface area contributed by atoms with Crippen LogP contribution in [0.25, 0.3) is 0 Å². The predicted molar refractivity (Wildman–Crippen MR) is 73.3 cm³/mol. The zero-order valence-electron chi connectivity index (χ0n) is 11.4. The highest BCUT2D eigenvalue weighted by Crippen LogP contribution is 2.29. The first kappa shape index (κ1) is 15.4. The molecule has 1 saturated carbocycles. The van der Waals surface area contributed by atoms with Crippen LogP contribution in [-0.2, 0) is 9.84 Å². The second-order valence-corrected chi connectivity index (χ2v) is 7.39. The summed E-state index contributed by atoms with van der Waals surface area (Å²) in [5.74, 6) is -2.15. The van der Waals surface area contributed by atoms with Gasteiger partial charge in [-0.2, -0.15) is 0 Å². The highest BCUT2D eigenvalue weighted by atomic mass is 32.2. The summed E-state index contributed by atoms with van der Waals surface area (Å²) in [5, 5.41) is 2.74. The first-order valence-corrected chi connectivity index (χ1v) is 8.42. The summed E-state index contributed by atoms with van der Waals surface area (Å²) in [4.78, 5) is -0.126. The average Bonchev–Trinajstić information content (AvgIpc) is 2.42. The molecule has 1 aromatic rings. The predicted octanol–water partition coefficient (Wildman–Crippen LogP) is 2.66. The van der Waals surface area contributed by atoms with E-state index < -0.39 is 26.7 Å². The normalized spacial score (nSPS) is 23.8. The van der Waals surface area contributed by atoms with E-state index in [0.29, 0.717) is 12.8 Å². The van der Waals surface area contributed by atoms with Crippen molar-refractivity contribution in [2.75, 3.05) is 6.54 Å². The van der Waals surface area contributed by atoms with Crippen LogP contribution < -0.4 is 5.32 Å². The molecule has 1 aliphatic carbocycles. The van der Waals surface area contributed by atoms with Crippen LogP contribution in [0.4, 0.5) is 8.78 Å². The minimum atomic E-state index is -3.60. The molecule has 0 aliphatic heterocycles. The van der Waals surface area contributed by atoms with Gasteiger partial charge in [-0.15, -0.1) is 0 Å². The van der Waals surface area contributed by atoms with E-state index in [9.17, 15) is 17.2 Å². The molecule has 0 spiro atoms. The van der Waals surface area contributed by atoms with Crippen LogP contribution in [-0.4, -0.2) is 26.3 Å². The van der Waals surface area contributed by atoms with Crippen molar-refractivity contribution in [2.45, 2.75) is 48.8 Å². The molecule has 112 valence electrons. The van der Waals surface area contributed by atoms with Crippen LogP contribution in [0, 0.1) is 11.6 Å². The third-order valence-corrected chi connectivity index (χ3v) is 5.99. The molecule has 3 nitrogen and oxygen atoms in total. The van der Waals surface area contributed by atoms with Gasteiger partial charge >= 0.3 is 0 Å². The largest absolute Gasteiger partial charge is 0.314 e. The molecular formula is C14H19F2NO2S. The fourth-order valence-electron chi connectivity index (χ4n) is 2.75. The van der Waals surface area contributed by atoms with E-state index in [1.54, 1.807) is 0 Å². The quantitative estimate of drug-likeness (QED) is 0.870. The zero-order chi connectivity index (χ0) is 14.8. The highest BCUT2D eigenvalue weighted by molar-refractivity contribution is 7.92. The Morgan fingerprint density at radius 3 is 2.65 bits per heavy atom. The Morgan fingerprint density at radius 1 is 1.25 bits per heavy atom. The fraction of sp³-hybridized carbons (Fsp3) is 0.571. The lowest BCUT2D eigenvalue weighted by Crippen LogP contribution is -2.39. The van der Waals surface area contributed by atoms with Gasteiger partial charge in [-0.3, -0.25) is 0 Å². The van der Waals surface area contributed by atoms with Crippen molar-refractivity contribution in [3.63, 3.8) is 0 Å². The van der Waals surface area contributed by atoms with Crippen molar-refractivity contribution in [1.29, 1.82) is 0 Å². The molecule has 1 aromatic carbocycles. The molecule has 1 N–H and O–H groups in total. The van der Waals surface area contributed by atoms with Crippen molar-refractivity contribution in [3.8, 4) is 0 Å². The summed E-state index contributed by atoms with van der Waals surface area (Å²) in [6, 6.07) is 2.97. The monoisotopic (exact) mass is 303 g/mol. The van der Waals surface area contributed by atoms with Gasteiger partial charge in [0.1, 0.15) is 0 Å². The smallest absolute Gasteiger partial charge is 0.181 e. The Kier molecular flexibility index (Phi) is 4.75. The summed E-state index contributed by atoms with van der Waals surface area (Å²) in [7, 11) is -3.60. The number of hydrogen-bond donors (Lipinski definition) is 1. The number of halogens is 2. The number of nitrogens with one attached hydrogen (secondary N) is 1. The molecule has 0 saturated heterocycles. The lowest BCUT2D eigenvalue weighted by molar-refractivity contribution is 0.377. The zero-order valence-corrected chi connectivity index (χ0v) is 12.2. The second-order valence-electron chi connectivity index (χ2n) is 5.16. The number of sulfone groups is 1. The van der Waals surface area contributed by atoms with Gasteiger partial charge < -0.3 is 5.32 Å². The molecule has 1 aliphatic rings. The van der Waals surface area contributed by atoms with E-state index in [1.807, 2.05) is 6.92 Å². The van der Waals surface area contributed by atoms with Gasteiger partial charge in [0.15, 0.2) is 21.5 Å². The lowest BCUT2D eigenvalue weighted by atomic mass is 9.95. The maximum absolute atomic E-state index is 13.2. The van der Waals surface area contributed by atoms with Crippen LogP contribution in [0.2, 0.25) is 0 Å². The molecule has 0 bridgehead atoms. The van der Waals surface area contributed by atoms with E-state index in [2.05, 4.69) is 5.32 Å². The molecule has 2 atom stereocenters. The maximum atomic E-state index is 13.2. The summed E-state index contributed by atoms with van der Waals surface area (Å²) < 4.78 is 51.1. The van der Waals surface area contributed by atoms with Crippen LogP contribution in [0.5, 0.6) is 0 Å². The van der Waals surface area contributed by atoms with Crippen molar-refractivity contribution in [3.05, 3.63) is 29.8 Å². The summed E-state index contributed by atoms with van der Waals surface area (Å²) in [5.41, 5.74) is 0. The molecule has 0 amide bonds. The van der Waals surface area contributed by atoms with Crippen molar-refractivity contribution < 1.29 is 17.2 Å². The first-order chi connectivity index (χ1) is 9.45. The number of hydrogen-bond acceptors (Lipinski definition) is 3. The first-order valence-electron chi connectivity index (χ1n) is 6.87. The van der Waals surface area contributed by atoms with Crippen LogP contribution >= 0.6 is 0 Å². The topological polar surface area (TPSA) is 46.2 Å². The molecular weight excluding hydrogens is 284 g/mol. The minimum absolute atomic E-state index is 0.126. The van der Waals surface area contributed by atoms with Crippen molar-refractivity contribution >= 4 is 9.84 Å². The molecule has 1 fully saturated rings. The van der Waals surface area contributed by atoms with Gasteiger partial charge in [-0.25, -0.2) is 17.2 Å². The standard InChI is InChI=1S/C14H19F2NO2S/c1-2-17-10-4-3-5-11(8-10)20(18,19)12-6-7-13(15)14(16)9-12/h6-7,9-11,17H,2-5,8H2,1H3. The number of rotatable bonds is 4. The molecule has 6 heteroatoms. The fourth-order valence-corrected chi connectivity index (χ4v) is 4.62. The Balaban J connectivity index is 2.23. The van der Waals surface area contributed by atoms with Crippen LogP contribution in [0.1, 0.15) is 32.6 Å². The van der Waals surface area contributed by atoms with E-state index in [1.165, 1.54) is 0 Å². The Bertz CT molecular complexity index is 573. The van der Waals surface area contributed by atoms with Crippen LogP contribution in [0.15, 0.2) is 23.1 Å². The summed E-state index contributed by atoms with van der Waals surface area (Å²) in [6.45, 7) is 2.77. The Morgan fingerprint density at radius 2 is 2.00 bits per heavy atom. The Hall–Kier alpha value is -1.01. The van der Waals surface area contributed by atoms with E-state index in [-0.39, 0.29) is 10.9 Å². The van der Waals surface area contributed by atoms with E-state index >= 15 is 0 Å². The Labute approximate surface area is 118 Å². The lowest BCUT2D eigenvalue weighted by Gasteiger charge is -2.29. The van der Waals surface area contributed by atoms with Gasteiger partial charge in [0.25, 0.3) is 0 Å². The summed E-state index contributed by atoms with van der Waals surface area (Å²) in [6.07, 6.45) is 2.88. The highest BCUT2D eigenvalue weighted by Gasteiger charge is 2.33. The minimum Gasteiger partial charge on any atom is -0.314 e. The van der Waals surface area contributed by atoms with E-state index in [4.69, 9.17) is 0 Å². The summed E-state index contributed by atoms with van der Waals surface area (Å²) >= 11 is 0. The molecule has 2 unspecified atom stereocenters. The second kappa shape index (κ2) is 6.18. The van der Waals surface area contributed by atoms with Crippen molar-refractivity contribution in [2.24, 2.45) is 0 Å². The maximum Gasteiger partial charge on any atom is 0.181 e.